The third-order valence-corrected chi connectivity index (χ3v) is 15.4. The Bertz CT molecular complexity index is 541. The summed E-state index contributed by atoms with van der Waals surface area (Å²) >= 11 is 0. The van der Waals surface area contributed by atoms with Crippen molar-refractivity contribution < 1.29 is 18.4 Å². The number of hydrogen-bond donors (Lipinski definition) is 0. The van der Waals surface area contributed by atoms with Crippen LogP contribution in [0.4, 0.5) is 0 Å². The Labute approximate surface area is 169 Å². The first-order chi connectivity index (χ1) is 11.9. The largest absolute Gasteiger partial charge is 0.458 e. The van der Waals surface area contributed by atoms with E-state index in [1.807, 2.05) is 6.08 Å². The normalized spacial score (nSPS) is 25.2. The van der Waals surface area contributed by atoms with Crippen LogP contribution in [0.25, 0.3) is 0 Å². The van der Waals surface area contributed by atoms with Crippen LogP contribution < -0.4 is 0 Å². The Morgan fingerprint density at radius 3 is 1.67 bits per heavy atom. The maximum absolute atomic E-state index is 11.5. The number of esters is 1. The summed E-state index contributed by atoms with van der Waals surface area (Å²) in [5, 5.41) is 0.289. The van der Waals surface area contributed by atoms with E-state index in [9.17, 15) is 4.79 Å². The molecule has 158 valence electrons. The quantitative estimate of drug-likeness (QED) is 0.312. The molecular formula is C21H42O4Si2. The van der Waals surface area contributed by atoms with E-state index in [1.165, 1.54) is 6.92 Å². The molecule has 27 heavy (non-hydrogen) atoms. The van der Waals surface area contributed by atoms with Gasteiger partial charge in [0.05, 0.1) is 12.2 Å². The molecule has 0 fully saturated rings. The van der Waals surface area contributed by atoms with Gasteiger partial charge in [0.25, 0.3) is 0 Å². The average Bonchev–Trinajstić information content (AvgIpc) is 2.56. The molecule has 0 aromatic rings. The first-order valence-electron chi connectivity index (χ1n) is 10.2. The van der Waals surface area contributed by atoms with Gasteiger partial charge in [0.1, 0.15) is 6.10 Å². The minimum absolute atomic E-state index is 0.00113. The Kier molecular flexibility index (Phi) is 7.76. The zero-order chi connectivity index (χ0) is 21.3. The van der Waals surface area contributed by atoms with Gasteiger partial charge in [-0.05, 0) is 42.3 Å². The van der Waals surface area contributed by atoms with Gasteiger partial charge in [0.2, 0.25) is 0 Å². The van der Waals surface area contributed by atoms with Crippen LogP contribution in [-0.4, -0.2) is 40.9 Å². The first kappa shape index (κ1) is 24.6. The van der Waals surface area contributed by atoms with Crippen LogP contribution >= 0.6 is 0 Å². The van der Waals surface area contributed by atoms with Crippen LogP contribution in [-0.2, 0) is 18.4 Å². The Morgan fingerprint density at radius 1 is 0.815 bits per heavy atom. The van der Waals surface area contributed by atoms with Gasteiger partial charge in [0.15, 0.2) is 16.6 Å². The van der Waals surface area contributed by atoms with E-state index < -0.39 is 16.6 Å². The number of ether oxygens (including phenoxy) is 1. The third kappa shape index (κ3) is 7.15. The van der Waals surface area contributed by atoms with Crippen molar-refractivity contribution in [3.63, 3.8) is 0 Å². The van der Waals surface area contributed by atoms with Crippen molar-refractivity contribution in [1.82, 2.24) is 0 Å². The lowest BCUT2D eigenvalue weighted by atomic mass is 10.1. The van der Waals surface area contributed by atoms with E-state index >= 15 is 0 Å². The Hall–Kier alpha value is -0.436. The predicted molar refractivity (Wildman–Crippen MR) is 118 cm³/mol. The second-order valence-corrected chi connectivity index (χ2v) is 20.4. The van der Waals surface area contributed by atoms with Gasteiger partial charge in [0, 0.05) is 19.8 Å². The summed E-state index contributed by atoms with van der Waals surface area (Å²) in [5.74, 6) is -0.250. The van der Waals surface area contributed by atoms with Gasteiger partial charge < -0.3 is 13.6 Å². The lowest BCUT2D eigenvalue weighted by Crippen LogP contribution is -2.47. The van der Waals surface area contributed by atoms with Gasteiger partial charge in [-0.2, -0.15) is 0 Å². The summed E-state index contributed by atoms with van der Waals surface area (Å²) in [5.41, 5.74) is 0. The lowest BCUT2D eigenvalue weighted by Gasteiger charge is -2.41. The molecule has 0 heterocycles. The molecule has 0 bridgehead atoms. The SMILES string of the molecule is CC(=O)O[C@@H]1C=C[C@H](O[Si](C)(C)C(C)(C)C)C[C@@H](O[Si](C)(C)C(C)(C)C)C1. The van der Waals surface area contributed by atoms with E-state index in [1.54, 1.807) is 0 Å². The fraction of sp³-hybridized carbons (Fsp3) is 0.857. The van der Waals surface area contributed by atoms with Gasteiger partial charge >= 0.3 is 5.97 Å². The van der Waals surface area contributed by atoms with Crippen molar-refractivity contribution in [1.29, 1.82) is 0 Å². The zero-order valence-corrected chi connectivity index (χ0v) is 21.4. The number of hydrogen-bond acceptors (Lipinski definition) is 4. The molecule has 0 unspecified atom stereocenters. The Morgan fingerprint density at radius 2 is 1.22 bits per heavy atom. The number of carbonyl (C=O) groups excluding carboxylic acids is 1. The van der Waals surface area contributed by atoms with Crippen LogP contribution in [0.5, 0.6) is 0 Å². The van der Waals surface area contributed by atoms with Gasteiger partial charge in [-0.15, -0.1) is 0 Å². The molecule has 0 amide bonds. The van der Waals surface area contributed by atoms with Crippen LogP contribution in [0.15, 0.2) is 12.2 Å². The highest BCUT2D eigenvalue weighted by molar-refractivity contribution is 6.74. The van der Waals surface area contributed by atoms with Crippen LogP contribution in [0.3, 0.4) is 0 Å². The summed E-state index contributed by atoms with van der Waals surface area (Å²) in [6, 6.07) is 0. The van der Waals surface area contributed by atoms with Crippen molar-refractivity contribution in [2.45, 2.75) is 116 Å². The maximum Gasteiger partial charge on any atom is 0.303 e. The molecule has 0 saturated carbocycles. The van der Waals surface area contributed by atoms with Crippen molar-refractivity contribution in [3.05, 3.63) is 12.2 Å². The van der Waals surface area contributed by atoms with E-state index in [-0.39, 0.29) is 34.4 Å². The van der Waals surface area contributed by atoms with E-state index in [2.05, 4.69) is 73.8 Å². The van der Waals surface area contributed by atoms with E-state index in [0.29, 0.717) is 6.42 Å². The van der Waals surface area contributed by atoms with Crippen molar-refractivity contribution >= 4 is 22.6 Å². The van der Waals surface area contributed by atoms with E-state index in [0.717, 1.165) is 6.42 Å². The summed E-state index contributed by atoms with van der Waals surface area (Å²) < 4.78 is 18.9. The zero-order valence-electron chi connectivity index (χ0n) is 19.4. The smallest absolute Gasteiger partial charge is 0.303 e. The molecule has 1 aliphatic carbocycles. The average molecular weight is 415 g/mol. The second kappa shape index (κ2) is 8.51. The monoisotopic (exact) mass is 414 g/mol. The predicted octanol–water partition coefficient (Wildman–Crippen LogP) is 6.05. The highest BCUT2D eigenvalue weighted by Gasteiger charge is 2.42. The van der Waals surface area contributed by atoms with Crippen molar-refractivity contribution in [2.24, 2.45) is 0 Å². The third-order valence-electron chi connectivity index (χ3n) is 6.37. The van der Waals surface area contributed by atoms with Crippen LogP contribution in [0.1, 0.15) is 61.3 Å². The maximum atomic E-state index is 11.5. The molecule has 0 spiro atoms. The van der Waals surface area contributed by atoms with Gasteiger partial charge in [-0.1, -0.05) is 47.6 Å². The molecule has 3 atom stereocenters. The lowest BCUT2D eigenvalue weighted by molar-refractivity contribution is -0.145. The summed E-state index contributed by atoms with van der Waals surface area (Å²) in [6.07, 6.45) is 5.37. The Balaban J connectivity index is 3.04. The minimum atomic E-state index is -1.92. The van der Waals surface area contributed by atoms with Crippen LogP contribution in [0.2, 0.25) is 36.3 Å². The standard InChI is InChI=1S/C21H42O4Si2/c1-16(22)23-17-12-13-18(24-26(8,9)20(2,3)4)15-19(14-17)25-27(10,11)21(5,6)7/h12-13,17-19H,14-15H2,1-11H3/t17-,18+,19+/m1/s1. The molecule has 4 nitrogen and oxygen atoms in total. The fourth-order valence-electron chi connectivity index (χ4n) is 2.65. The molecule has 0 aliphatic heterocycles. The van der Waals surface area contributed by atoms with Gasteiger partial charge in [-0.3, -0.25) is 4.79 Å². The second-order valence-electron chi connectivity index (χ2n) is 10.9. The number of rotatable bonds is 5. The fourth-order valence-corrected chi connectivity index (χ4v) is 5.32. The van der Waals surface area contributed by atoms with Crippen molar-refractivity contribution in [2.75, 3.05) is 0 Å². The molecule has 1 rings (SSSR count). The van der Waals surface area contributed by atoms with E-state index in [4.69, 9.17) is 13.6 Å². The van der Waals surface area contributed by atoms with Crippen LogP contribution in [0, 0.1) is 0 Å². The highest BCUT2D eigenvalue weighted by Crippen LogP contribution is 2.41. The molecule has 0 radical (unpaired) electrons. The molecule has 0 saturated heterocycles. The first-order valence-corrected chi connectivity index (χ1v) is 16.0. The summed E-state index contributed by atoms with van der Waals surface area (Å²) in [7, 11) is -3.82. The molecule has 6 heteroatoms. The molecule has 0 N–H and O–H groups in total. The number of carbonyl (C=O) groups is 1. The molecule has 0 aromatic heterocycles. The molecule has 1 aliphatic rings. The topological polar surface area (TPSA) is 44.8 Å². The molecular weight excluding hydrogens is 372 g/mol. The highest BCUT2D eigenvalue weighted by atomic mass is 28.4. The van der Waals surface area contributed by atoms with Crippen molar-refractivity contribution in [3.8, 4) is 0 Å². The summed E-state index contributed by atoms with van der Waals surface area (Å²) in [4.78, 5) is 11.5. The van der Waals surface area contributed by atoms with Gasteiger partial charge in [-0.25, -0.2) is 0 Å². The summed E-state index contributed by atoms with van der Waals surface area (Å²) in [6.45, 7) is 24.1. The minimum Gasteiger partial charge on any atom is -0.458 e. The molecule has 0 aromatic carbocycles.